The summed E-state index contributed by atoms with van der Waals surface area (Å²) in [6, 6.07) is 0. The van der Waals surface area contributed by atoms with Crippen LogP contribution in [0.15, 0.2) is 0 Å². The second-order valence-corrected chi connectivity index (χ2v) is 4.74. The van der Waals surface area contributed by atoms with Gasteiger partial charge in [0, 0.05) is 5.92 Å². The third kappa shape index (κ3) is 0.800. The summed E-state index contributed by atoms with van der Waals surface area (Å²) >= 11 is 0. The molecule has 0 aromatic carbocycles. The molecule has 2 rings (SSSR count). The highest BCUT2D eigenvalue weighted by Gasteiger charge is 2.52. The summed E-state index contributed by atoms with van der Waals surface area (Å²) in [6.07, 6.45) is 5.01. The monoisotopic (exact) mass is 152 g/mol. The summed E-state index contributed by atoms with van der Waals surface area (Å²) in [7, 11) is 0. The first-order chi connectivity index (χ1) is 5.16. The summed E-state index contributed by atoms with van der Waals surface area (Å²) in [6.45, 7) is 4.66. The van der Waals surface area contributed by atoms with Crippen molar-refractivity contribution in [2.75, 3.05) is 0 Å². The standard InChI is InChI=1S/C10H16O/c1-10(2)8-3-4-9(10)7(5-8)6-11/h6-9H,3-5H2,1-2H3/t7-,8+,9-/m1/s1. The minimum Gasteiger partial charge on any atom is -0.303 e. The minimum absolute atomic E-state index is 0.392. The van der Waals surface area contributed by atoms with Crippen LogP contribution in [0.25, 0.3) is 0 Å². The molecule has 2 aliphatic carbocycles. The van der Waals surface area contributed by atoms with E-state index in [9.17, 15) is 4.79 Å². The Morgan fingerprint density at radius 2 is 2.09 bits per heavy atom. The Balaban J connectivity index is 2.25. The molecule has 0 aromatic rings. The van der Waals surface area contributed by atoms with Gasteiger partial charge in [0.1, 0.15) is 6.29 Å². The van der Waals surface area contributed by atoms with E-state index >= 15 is 0 Å². The van der Waals surface area contributed by atoms with E-state index in [1.807, 2.05) is 0 Å². The molecule has 11 heavy (non-hydrogen) atoms. The zero-order chi connectivity index (χ0) is 8.06. The molecule has 0 N–H and O–H groups in total. The zero-order valence-corrected chi connectivity index (χ0v) is 7.34. The second-order valence-electron chi connectivity index (χ2n) is 4.74. The number of carbonyl (C=O) groups excluding carboxylic acids is 1. The van der Waals surface area contributed by atoms with Crippen molar-refractivity contribution in [3.63, 3.8) is 0 Å². The number of carbonyl (C=O) groups is 1. The van der Waals surface area contributed by atoms with Crippen LogP contribution >= 0.6 is 0 Å². The van der Waals surface area contributed by atoms with Gasteiger partial charge in [0.25, 0.3) is 0 Å². The summed E-state index contributed by atoms with van der Waals surface area (Å²) in [5.41, 5.74) is 0.464. The zero-order valence-electron chi connectivity index (χ0n) is 7.34. The van der Waals surface area contributed by atoms with E-state index in [1.165, 1.54) is 25.5 Å². The maximum absolute atomic E-state index is 10.7. The first-order valence-corrected chi connectivity index (χ1v) is 4.61. The average molecular weight is 152 g/mol. The fraction of sp³-hybridized carbons (Fsp3) is 0.900. The van der Waals surface area contributed by atoms with Crippen molar-refractivity contribution >= 4 is 6.29 Å². The third-order valence-electron chi connectivity index (χ3n) is 4.08. The molecule has 2 fully saturated rings. The van der Waals surface area contributed by atoms with Crippen LogP contribution in [-0.2, 0) is 4.79 Å². The molecule has 0 aliphatic heterocycles. The molecule has 62 valence electrons. The predicted octanol–water partition coefficient (Wildman–Crippen LogP) is 2.26. The molecule has 3 atom stereocenters. The molecule has 2 bridgehead atoms. The molecule has 0 unspecified atom stereocenters. The van der Waals surface area contributed by atoms with Crippen molar-refractivity contribution in [1.82, 2.24) is 0 Å². The quantitative estimate of drug-likeness (QED) is 0.527. The van der Waals surface area contributed by atoms with E-state index in [1.54, 1.807) is 0 Å². The van der Waals surface area contributed by atoms with E-state index in [0.717, 1.165) is 5.92 Å². The summed E-state index contributed by atoms with van der Waals surface area (Å²) in [4.78, 5) is 10.7. The fourth-order valence-electron chi connectivity index (χ4n) is 3.26. The van der Waals surface area contributed by atoms with Gasteiger partial charge in [-0.1, -0.05) is 13.8 Å². The topological polar surface area (TPSA) is 17.1 Å². The number of hydrogen-bond acceptors (Lipinski definition) is 1. The van der Waals surface area contributed by atoms with Crippen LogP contribution in [0, 0.1) is 23.2 Å². The van der Waals surface area contributed by atoms with Crippen molar-refractivity contribution in [1.29, 1.82) is 0 Å². The Morgan fingerprint density at radius 1 is 1.36 bits per heavy atom. The Labute approximate surface area is 68.2 Å². The van der Waals surface area contributed by atoms with E-state index in [4.69, 9.17) is 0 Å². The Bertz CT molecular complexity index is 183. The molecule has 0 radical (unpaired) electrons. The second kappa shape index (κ2) is 2.09. The molecule has 0 amide bonds. The van der Waals surface area contributed by atoms with Gasteiger partial charge in [-0.05, 0) is 36.5 Å². The van der Waals surface area contributed by atoms with Gasteiger partial charge in [-0.15, -0.1) is 0 Å². The summed E-state index contributed by atoms with van der Waals surface area (Å²) < 4.78 is 0. The lowest BCUT2D eigenvalue weighted by atomic mass is 9.80. The molecule has 0 spiro atoms. The predicted molar refractivity (Wildman–Crippen MR) is 44.2 cm³/mol. The van der Waals surface area contributed by atoms with Gasteiger partial charge in [-0.25, -0.2) is 0 Å². The fourth-order valence-corrected chi connectivity index (χ4v) is 3.26. The lowest BCUT2D eigenvalue weighted by Gasteiger charge is -2.24. The molecular formula is C10H16O. The van der Waals surface area contributed by atoms with Crippen molar-refractivity contribution in [3.8, 4) is 0 Å². The van der Waals surface area contributed by atoms with E-state index in [2.05, 4.69) is 13.8 Å². The Morgan fingerprint density at radius 3 is 2.36 bits per heavy atom. The highest BCUT2D eigenvalue weighted by atomic mass is 16.1. The van der Waals surface area contributed by atoms with Crippen molar-refractivity contribution in [3.05, 3.63) is 0 Å². The van der Waals surface area contributed by atoms with E-state index in [0.29, 0.717) is 17.3 Å². The number of aldehydes is 1. The van der Waals surface area contributed by atoms with Crippen LogP contribution in [0.5, 0.6) is 0 Å². The van der Waals surface area contributed by atoms with Crippen molar-refractivity contribution < 1.29 is 4.79 Å². The number of hydrogen-bond donors (Lipinski definition) is 0. The van der Waals surface area contributed by atoms with Crippen LogP contribution in [0.2, 0.25) is 0 Å². The van der Waals surface area contributed by atoms with Crippen LogP contribution in [-0.4, -0.2) is 6.29 Å². The molecule has 0 aromatic heterocycles. The maximum Gasteiger partial charge on any atom is 0.123 e. The van der Waals surface area contributed by atoms with Gasteiger partial charge in [0.15, 0.2) is 0 Å². The number of rotatable bonds is 1. The molecule has 1 heteroatoms. The summed E-state index contributed by atoms with van der Waals surface area (Å²) in [5, 5.41) is 0. The van der Waals surface area contributed by atoms with Gasteiger partial charge < -0.3 is 4.79 Å². The van der Waals surface area contributed by atoms with Gasteiger partial charge in [-0.2, -0.15) is 0 Å². The highest BCUT2D eigenvalue weighted by Crippen LogP contribution is 2.59. The molecule has 2 saturated carbocycles. The maximum atomic E-state index is 10.7. The number of fused-ring (bicyclic) bond motifs is 2. The van der Waals surface area contributed by atoms with Gasteiger partial charge in [0.2, 0.25) is 0 Å². The molecule has 0 heterocycles. The average Bonchev–Trinajstić information content (AvgIpc) is 2.40. The van der Waals surface area contributed by atoms with Crippen molar-refractivity contribution in [2.24, 2.45) is 23.2 Å². The van der Waals surface area contributed by atoms with E-state index in [-0.39, 0.29) is 0 Å². The highest BCUT2D eigenvalue weighted by molar-refractivity contribution is 5.55. The largest absolute Gasteiger partial charge is 0.303 e. The minimum atomic E-state index is 0.392. The van der Waals surface area contributed by atoms with Gasteiger partial charge >= 0.3 is 0 Å². The van der Waals surface area contributed by atoms with Gasteiger partial charge in [-0.3, -0.25) is 0 Å². The molecular weight excluding hydrogens is 136 g/mol. The molecule has 1 nitrogen and oxygen atoms in total. The molecule has 0 saturated heterocycles. The lowest BCUT2D eigenvalue weighted by Crippen LogP contribution is -2.19. The summed E-state index contributed by atoms with van der Waals surface area (Å²) in [5.74, 6) is 1.93. The van der Waals surface area contributed by atoms with Crippen LogP contribution in [0.4, 0.5) is 0 Å². The van der Waals surface area contributed by atoms with Crippen LogP contribution in [0.1, 0.15) is 33.1 Å². The Hall–Kier alpha value is -0.330. The van der Waals surface area contributed by atoms with Crippen LogP contribution in [0.3, 0.4) is 0 Å². The van der Waals surface area contributed by atoms with E-state index < -0.39 is 0 Å². The first kappa shape index (κ1) is 7.33. The molecule has 2 aliphatic rings. The van der Waals surface area contributed by atoms with Crippen molar-refractivity contribution in [2.45, 2.75) is 33.1 Å². The SMILES string of the molecule is CC1(C)[C@H]2CC[C@@H]1[C@@H](C=O)C2. The normalized spacial score (nSPS) is 46.2. The lowest BCUT2D eigenvalue weighted by molar-refractivity contribution is -0.112. The smallest absolute Gasteiger partial charge is 0.123 e. The Kier molecular flexibility index (Phi) is 1.39. The third-order valence-corrected chi connectivity index (χ3v) is 4.08. The van der Waals surface area contributed by atoms with Gasteiger partial charge in [0.05, 0.1) is 0 Å². The first-order valence-electron chi connectivity index (χ1n) is 4.61. The van der Waals surface area contributed by atoms with Crippen LogP contribution < -0.4 is 0 Å².